The molecule has 1 aliphatic carbocycles. The third-order valence-electron chi connectivity index (χ3n) is 4.98. The molecule has 134 valence electrons. The summed E-state index contributed by atoms with van der Waals surface area (Å²) in [6.07, 6.45) is 11.6. The van der Waals surface area contributed by atoms with E-state index in [0.717, 1.165) is 28.8 Å². The van der Waals surface area contributed by atoms with Crippen LogP contribution in [-0.4, -0.2) is 23.1 Å². The number of pyridine rings is 1. The van der Waals surface area contributed by atoms with Crippen molar-refractivity contribution in [1.82, 2.24) is 4.98 Å². The summed E-state index contributed by atoms with van der Waals surface area (Å²) in [6.45, 7) is 0. The lowest BCUT2D eigenvalue weighted by Gasteiger charge is -2.36. The summed E-state index contributed by atoms with van der Waals surface area (Å²) in [7, 11) is 0. The van der Waals surface area contributed by atoms with Gasteiger partial charge in [0, 0.05) is 42.4 Å². The van der Waals surface area contributed by atoms with Gasteiger partial charge in [-0.3, -0.25) is 9.78 Å². The lowest BCUT2D eigenvalue weighted by atomic mass is 9.82. The zero-order valence-corrected chi connectivity index (χ0v) is 14.9. The average Bonchev–Trinajstić information content (AvgIpc) is 2.74. The predicted octanol–water partition coefficient (Wildman–Crippen LogP) is 3.97. The first-order chi connectivity index (χ1) is 13.3. The molecule has 2 atom stereocenters. The summed E-state index contributed by atoms with van der Waals surface area (Å²) in [5.74, 6) is 0.133. The van der Waals surface area contributed by atoms with E-state index in [1.54, 1.807) is 6.20 Å². The van der Waals surface area contributed by atoms with Gasteiger partial charge in [0.2, 0.25) is 0 Å². The first kappa shape index (κ1) is 17.2. The van der Waals surface area contributed by atoms with Crippen molar-refractivity contribution in [3.05, 3.63) is 90.4 Å². The standard InChI is InChI=1S/C23H20N2O2/c26-16-23-21(17-7-6-10-20(27)13-17)14-18(22-11-4-5-12-24-22)15-25(23)19-8-2-1-3-9-19/h1-9,11-12,14-17,23H,10,13H2. The van der Waals surface area contributed by atoms with E-state index >= 15 is 0 Å². The number of allylic oxidation sites excluding steroid dienone is 4. The fourth-order valence-electron chi connectivity index (χ4n) is 3.66. The maximum Gasteiger partial charge on any atom is 0.147 e. The molecule has 0 fully saturated rings. The van der Waals surface area contributed by atoms with Crippen molar-refractivity contribution in [1.29, 1.82) is 0 Å². The molecule has 4 nitrogen and oxygen atoms in total. The minimum Gasteiger partial charge on any atom is -0.333 e. The van der Waals surface area contributed by atoms with Crippen LogP contribution in [0.3, 0.4) is 0 Å². The summed E-state index contributed by atoms with van der Waals surface area (Å²) in [4.78, 5) is 30.5. The third kappa shape index (κ3) is 3.51. The molecular weight excluding hydrogens is 336 g/mol. The summed E-state index contributed by atoms with van der Waals surface area (Å²) >= 11 is 0. The van der Waals surface area contributed by atoms with E-state index in [9.17, 15) is 9.59 Å². The van der Waals surface area contributed by atoms with Crippen LogP contribution in [0.25, 0.3) is 5.57 Å². The molecule has 0 saturated heterocycles. The van der Waals surface area contributed by atoms with Gasteiger partial charge >= 0.3 is 0 Å². The highest BCUT2D eigenvalue weighted by Crippen LogP contribution is 2.35. The molecule has 0 amide bonds. The van der Waals surface area contributed by atoms with E-state index in [-0.39, 0.29) is 11.7 Å². The van der Waals surface area contributed by atoms with Crippen molar-refractivity contribution in [3.63, 3.8) is 0 Å². The van der Waals surface area contributed by atoms with E-state index in [1.165, 1.54) is 0 Å². The normalized spacial score (nSPS) is 22.2. The molecule has 27 heavy (non-hydrogen) atoms. The molecule has 2 aromatic rings. The van der Waals surface area contributed by atoms with E-state index in [0.29, 0.717) is 12.8 Å². The molecule has 0 bridgehead atoms. The number of aldehydes is 1. The molecule has 1 aliphatic heterocycles. The van der Waals surface area contributed by atoms with Crippen LogP contribution < -0.4 is 4.90 Å². The first-order valence-corrected chi connectivity index (χ1v) is 9.08. The number of anilines is 1. The summed E-state index contributed by atoms with van der Waals surface area (Å²) in [6, 6.07) is 15.1. The highest BCUT2D eigenvalue weighted by Gasteiger charge is 2.31. The Hall–Kier alpha value is -3.27. The van der Waals surface area contributed by atoms with Crippen LogP contribution in [0.2, 0.25) is 0 Å². The number of rotatable bonds is 4. The van der Waals surface area contributed by atoms with E-state index < -0.39 is 6.04 Å². The number of ketones is 1. The lowest BCUT2D eigenvalue weighted by Crippen LogP contribution is -2.39. The number of carbonyl (C=O) groups excluding carboxylic acids is 2. The number of para-hydroxylation sites is 1. The summed E-state index contributed by atoms with van der Waals surface area (Å²) in [5, 5.41) is 0. The molecule has 2 heterocycles. The Morgan fingerprint density at radius 3 is 2.59 bits per heavy atom. The van der Waals surface area contributed by atoms with Crippen LogP contribution in [0.1, 0.15) is 18.5 Å². The fourth-order valence-corrected chi connectivity index (χ4v) is 3.66. The zero-order valence-electron chi connectivity index (χ0n) is 14.9. The molecule has 2 aliphatic rings. The highest BCUT2D eigenvalue weighted by molar-refractivity contribution is 5.87. The summed E-state index contributed by atoms with van der Waals surface area (Å²) < 4.78 is 0. The van der Waals surface area contributed by atoms with Crippen molar-refractivity contribution < 1.29 is 9.59 Å². The lowest BCUT2D eigenvalue weighted by molar-refractivity contribution is -0.119. The van der Waals surface area contributed by atoms with Crippen molar-refractivity contribution in [3.8, 4) is 0 Å². The zero-order chi connectivity index (χ0) is 18.6. The Morgan fingerprint density at radius 2 is 1.89 bits per heavy atom. The Labute approximate surface area is 158 Å². The molecule has 1 aromatic heterocycles. The maximum atomic E-state index is 12.1. The van der Waals surface area contributed by atoms with Crippen LogP contribution in [-0.2, 0) is 9.59 Å². The maximum absolute atomic E-state index is 12.1. The number of Topliss-reactive ketones (excluding diaryl/α,β-unsaturated/α-hetero) is 1. The van der Waals surface area contributed by atoms with Gasteiger partial charge in [-0.2, -0.15) is 0 Å². The van der Waals surface area contributed by atoms with Crippen LogP contribution in [0, 0.1) is 5.92 Å². The number of carbonyl (C=O) groups is 2. The van der Waals surface area contributed by atoms with Gasteiger partial charge < -0.3 is 9.69 Å². The van der Waals surface area contributed by atoms with Gasteiger partial charge in [-0.25, -0.2) is 0 Å². The second-order valence-electron chi connectivity index (χ2n) is 6.75. The van der Waals surface area contributed by atoms with Gasteiger partial charge in [0.25, 0.3) is 0 Å². The number of nitrogens with zero attached hydrogens (tertiary/aromatic N) is 2. The molecule has 2 unspecified atom stereocenters. The molecule has 4 rings (SSSR count). The van der Waals surface area contributed by atoms with Crippen LogP contribution >= 0.6 is 0 Å². The number of hydrogen-bond donors (Lipinski definition) is 0. The van der Waals surface area contributed by atoms with Crippen LogP contribution in [0.4, 0.5) is 5.69 Å². The van der Waals surface area contributed by atoms with Gasteiger partial charge in [0.1, 0.15) is 18.1 Å². The monoisotopic (exact) mass is 356 g/mol. The predicted molar refractivity (Wildman–Crippen MR) is 106 cm³/mol. The van der Waals surface area contributed by atoms with Crippen molar-refractivity contribution >= 4 is 23.3 Å². The van der Waals surface area contributed by atoms with Crippen molar-refractivity contribution in [2.45, 2.75) is 18.9 Å². The first-order valence-electron chi connectivity index (χ1n) is 9.08. The average molecular weight is 356 g/mol. The second-order valence-corrected chi connectivity index (χ2v) is 6.75. The molecular formula is C23H20N2O2. The van der Waals surface area contributed by atoms with Crippen LogP contribution in [0.15, 0.2) is 84.7 Å². The van der Waals surface area contributed by atoms with Gasteiger partial charge in [0.05, 0.1) is 5.69 Å². The minimum absolute atomic E-state index is 0.0694. The smallest absolute Gasteiger partial charge is 0.147 e. The largest absolute Gasteiger partial charge is 0.333 e. The quantitative estimate of drug-likeness (QED) is 0.614. The van der Waals surface area contributed by atoms with Crippen LogP contribution in [0.5, 0.6) is 0 Å². The second kappa shape index (κ2) is 7.54. The fraction of sp³-hybridized carbons (Fsp3) is 0.174. The number of hydrogen-bond acceptors (Lipinski definition) is 4. The Kier molecular flexibility index (Phi) is 4.79. The molecule has 0 spiro atoms. The summed E-state index contributed by atoms with van der Waals surface area (Å²) in [5.41, 5.74) is 3.63. The molecule has 0 N–H and O–H groups in total. The van der Waals surface area contributed by atoms with Gasteiger partial charge in [-0.05, 0) is 35.9 Å². The molecule has 0 saturated carbocycles. The van der Waals surface area contributed by atoms with E-state index in [4.69, 9.17) is 0 Å². The van der Waals surface area contributed by atoms with Gasteiger partial charge in [0.15, 0.2) is 0 Å². The van der Waals surface area contributed by atoms with Gasteiger partial charge in [-0.1, -0.05) is 36.4 Å². The Balaban J connectivity index is 1.83. The van der Waals surface area contributed by atoms with Crippen molar-refractivity contribution in [2.24, 2.45) is 5.92 Å². The highest BCUT2D eigenvalue weighted by atomic mass is 16.1. The molecule has 1 aromatic carbocycles. The topological polar surface area (TPSA) is 50.3 Å². The van der Waals surface area contributed by atoms with Crippen molar-refractivity contribution in [2.75, 3.05) is 4.90 Å². The molecule has 4 heteroatoms. The number of aromatic nitrogens is 1. The van der Waals surface area contributed by atoms with E-state index in [1.807, 2.05) is 77.9 Å². The third-order valence-corrected chi connectivity index (χ3v) is 4.98. The van der Waals surface area contributed by atoms with Gasteiger partial charge in [-0.15, -0.1) is 0 Å². The Morgan fingerprint density at radius 1 is 1.07 bits per heavy atom. The number of benzene rings is 1. The van der Waals surface area contributed by atoms with E-state index in [2.05, 4.69) is 4.98 Å². The Bertz CT molecular complexity index is 929. The minimum atomic E-state index is -0.444. The molecule has 0 radical (unpaired) electrons. The SMILES string of the molecule is O=CC1C(C2C=CCC(=O)C2)=CC(c2ccccn2)=CN1c1ccccc1.